The standard InChI is InChI=1S/C15H16N4/c1-9-4-5-12(11(3)8-9)19-14-13(18-15(19)16)10(2)6-7-17-14/h4-8H,1-3H3,(H2,16,18). The number of hydrogen-bond acceptors (Lipinski definition) is 3. The highest BCUT2D eigenvalue weighted by atomic mass is 15.2. The zero-order chi connectivity index (χ0) is 13.6. The van der Waals surface area contributed by atoms with Crippen LogP contribution in [0.15, 0.2) is 30.5 Å². The topological polar surface area (TPSA) is 56.7 Å². The number of anilines is 1. The molecule has 0 spiro atoms. The molecule has 3 aromatic rings. The molecule has 0 aliphatic heterocycles. The molecule has 2 N–H and O–H groups in total. The van der Waals surface area contributed by atoms with Crippen molar-refractivity contribution in [2.24, 2.45) is 0 Å². The fourth-order valence-electron chi connectivity index (χ4n) is 2.40. The summed E-state index contributed by atoms with van der Waals surface area (Å²) in [6.07, 6.45) is 1.79. The van der Waals surface area contributed by atoms with Crippen LogP contribution in [0.5, 0.6) is 0 Å². The van der Waals surface area contributed by atoms with E-state index in [9.17, 15) is 0 Å². The number of aryl methyl sites for hydroxylation is 3. The van der Waals surface area contributed by atoms with Gasteiger partial charge in [0.15, 0.2) is 5.65 Å². The molecule has 3 rings (SSSR count). The minimum absolute atomic E-state index is 0.476. The number of nitrogens with two attached hydrogens (primary N) is 1. The number of hydrogen-bond donors (Lipinski definition) is 1. The van der Waals surface area contributed by atoms with E-state index in [4.69, 9.17) is 5.73 Å². The molecule has 0 amide bonds. The van der Waals surface area contributed by atoms with Crippen LogP contribution in [0.3, 0.4) is 0 Å². The van der Waals surface area contributed by atoms with Crippen LogP contribution in [-0.2, 0) is 0 Å². The second kappa shape index (κ2) is 4.09. The lowest BCUT2D eigenvalue weighted by atomic mass is 10.1. The quantitative estimate of drug-likeness (QED) is 0.724. The van der Waals surface area contributed by atoms with Crippen LogP contribution in [0.2, 0.25) is 0 Å². The van der Waals surface area contributed by atoms with Crippen molar-refractivity contribution >= 4 is 17.1 Å². The van der Waals surface area contributed by atoms with Crippen LogP contribution in [0, 0.1) is 20.8 Å². The lowest BCUT2D eigenvalue weighted by Gasteiger charge is -2.10. The summed E-state index contributed by atoms with van der Waals surface area (Å²) in [6.45, 7) is 6.17. The van der Waals surface area contributed by atoms with E-state index < -0.39 is 0 Å². The Morgan fingerprint density at radius 3 is 2.58 bits per heavy atom. The maximum absolute atomic E-state index is 6.07. The van der Waals surface area contributed by atoms with Crippen molar-refractivity contribution in [1.82, 2.24) is 14.5 Å². The molecule has 0 aliphatic carbocycles. The molecule has 19 heavy (non-hydrogen) atoms. The first-order chi connectivity index (χ1) is 9.08. The fraction of sp³-hybridized carbons (Fsp3) is 0.200. The van der Waals surface area contributed by atoms with Gasteiger partial charge in [0.05, 0.1) is 5.69 Å². The second-order valence-electron chi connectivity index (χ2n) is 4.90. The third-order valence-electron chi connectivity index (χ3n) is 3.37. The van der Waals surface area contributed by atoms with Crippen LogP contribution in [0.25, 0.3) is 16.9 Å². The molecule has 0 atom stereocenters. The van der Waals surface area contributed by atoms with E-state index >= 15 is 0 Å². The summed E-state index contributed by atoms with van der Waals surface area (Å²) in [4.78, 5) is 8.85. The van der Waals surface area contributed by atoms with Crippen molar-refractivity contribution < 1.29 is 0 Å². The van der Waals surface area contributed by atoms with E-state index in [0.29, 0.717) is 5.95 Å². The van der Waals surface area contributed by atoms with Gasteiger partial charge in [-0.1, -0.05) is 17.7 Å². The summed E-state index contributed by atoms with van der Waals surface area (Å²) in [5.74, 6) is 0.476. The van der Waals surface area contributed by atoms with Gasteiger partial charge >= 0.3 is 0 Å². The van der Waals surface area contributed by atoms with Gasteiger partial charge < -0.3 is 5.73 Å². The Labute approximate surface area is 111 Å². The van der Waals surface area contributed by atoms with Gasteiger partial charge in [0, 0.05) is 6.20 Å². The molecule has 96 valence electrons. The van der Waals surface area contributed by atoms with Crippen molar-refractivity contribution in [3.8, 4) is 5.69 Å². The van der Waals surface area contributed by atoms with Crippen molar-refractivity contribution in [3.63, 3.8) is 0 Å². The number of nitrogen functional groups attached to an aromatic ring is 1. The predicted octanol–water partition coefficient (Wildman–Crippen LogP) is 2.93. The molecule has 1 aromatic carbocycles. The first-order valence-corrected chi connectivity index (χ1v) is 6.25. The second-order valence-corrected chi connectivity index (χ2v) is 4.90. The van der Waals surface area contributed by atoms with Gasteiger partial charge in [-0.15, -0.1) is 0 Å². The Balaban J connectivity index is 2.36. The molecular formula is C15H16N4. The monoisotopic (exact) mass is 252 g/mol. The van der Waals surface area contributed by atoms with Gasteiger partial charge in [0.1, 0.15) is 5.52 Å². The van der Waals surface area contributed by atoms with E-state index in [2.05, 4.69) is 42.0 Å². The molecule has 0 radical (unpaired) electrons. The number of aromatic nitrogens is 3. The lowest BCUT2D eigenvalue weighted by Crippen LogP contribution is -2.03. The summed E-state index contributed by atoms with van der Waals surface area (Å²) in [5.41, 5.74) is 12.2. The maximum atomic E-state index is 6.07. The minimum Gasteiger partial charge on any atom is -0.369 e. The number of nitrogens with zero attached hydrogens (tertiary/aromatic N) is 3. The SMILES string of the molecule is Cc1ccc(-n2c(N)nc3c(C)ccnc32)c(C)c1. The third-order valence-corrected chi connectivity index (χ3v) is 3.37. The molecule has 2 heterocycles. The number of pyridine rings is 1. The van der Waals surface area contributed by atoms with Gasteiger partial charge in [-0.25, -0.2) is 9.97 Å². The molecular weight excluding hydrogens is 236 g/mol. The highest BCUT2D eigenvalue weighted by Crippen LogP contribution is 2.25. The van der Waals surface area contributed by atoms with Gasteiger partial charge in [-0.05, 0) is 44.0 Å². The average molecular weight is 252 g/mol. The van der Waals surface area contributed by atoms with Gasteiger partial charge in [0.25, 0.3) is 0 Å². The van der Waals surface area contributed by atoms with Gasteiger partial charge in [-0.2, -0.15) is 0 Å². The summed E-state index contributed by atoms with van der Waals surface area (Å²) >= 11 is 0. The molecule has 0 unspecified atom stereocenters. The number of imidazole rings is 1. The van der Waals surface area contributed by atoms with Crippen LogP contribution in [0.4, 0.5) is 5.95 Å². The van der Waals surface area contributed by atoms with Gasteiger partial charge in [-0.3, -0.25) is 4.57 Å². The highest BCUT2D eigenvalue weighted by Gasteiger charge is 2.14. The van der Waals surface area contributed by atoms with Gasteiger partial charge in [0.2, 0.25) is 5.95 Å². The van der Waals surface area contributed by atoms with Crippen LogP contribution in [-0.4, -0.2) is 14.5 Å². The van der Waals surface area contributed by atoms with E-state index in [1.807, 2.05) is 17.6 Å². The van der Waals surface area contributed by atoms with Crippen LogP contribution < -0.4 is 5.73 Å². The van der Waals surface area contributed by atoms with E-state index in [1.54, 1.807) is 6.20 Å². The largest absolute Gasteiger partial charge is 0.369 e. The Kier molecular flexibility index (Phi) is 2.52. The van der Waals surface area contributed by atoms with E-state index in [0.717, 1.165) is 28.0 Å². The zero-order valence-corrected chi connectivity index (χ0v) is 11.3. The first-order valence-electron chi connectivity index (χ1n) is 6.25. The normalized spacial score (nSPS) is 11.1. The minimum atomic E-state index is 0.476. The number of fused-ring (bicyclic) bond motifs is 1. The summed E-state index contributed by atoms with van der Waals surface area (Å²) in [5, 5.41) is 0. The molecule has 0 fully saturated rings. The Bertz CT molecular complexity index is 771. The Morgan fingerprint density at radius 2 is 1.84 bits per heavy atom. The maximum Gasteiger partial charge on any atom is 0.207 e. The summed E-state index contributed by atoms with van der Waals surface area (Å²) < 4.78 is 1.91. The van der Waals surface area contributed by atoms with E-state index in [-0.39, 0.29) is 0 Å². The molecule has 0 saturated heterocycles. The van der Waals surface area contributed by atoms with Crippen molar-refractivity contribution in [1.29, 1.82) is 0 Å². The Hall–Kier alpha value is -2.36. The van der Waals surface area contributed by atoms with Crippen LogP contribution in [0.1, 0.15) is 16.7 Å². The van der Waals surface area contributed by atoms with Crippen LogP contribution >= 0.6 is 0 Å². The molecule has 4 nitrogen and oxygen atoms in total. The molecule has 4 heteroatoms. The van der Waals surface area contributed by atoms with E-state index in [1.165, 1.54) is 5.56 Å². The first kappa shape index (κ1) is 11.7. The lowest BCUT2D eigenvalue weighted by molar-refractivity contribution is 1.06. The molecule has 0 saturated carbocycles. The predicted molar refractivity (Wildman–Crippen MR) is 77.5 cm³/mol. The summed E-state index contributed by atoms with van der Waals surface area (Å²) in [6, 6.07) is 8.22. The smallest absolute Gasteiger partial charge is 0.207 e. The zero-order valence-electron chi connectivity index (χ0n) is 11.3. The van der Waals surface area contributed by atoms with Crippen molar-refractivity contribution in [3.05, 3.63) is 47.2 Å². The third kappa shape index (κ3) is 1.76. The Morgan fingerprint density at radius 1 is 1.05 bits per heavy atom. The van der Waals surface area contributed by atoms with Crippen molar-refractivity contribution in [2.75, 3.05) is 5.73 Å². The average Bonchev–Trinajstić information content (AvgIpc) is 2.68. The molecule has 0 aliphatic rings. The number of rotatable bonds is 1. The summed E-state index contributed by atoms with van der Waals surface area (Å²) in [7, 11) is 0. The highest BCUT2D eigenvalue weighted by molar-refractivity contribution is 5.80. The number of benzene rings is 1. The fourth-order valence-corrected chi connectivity index (χ4v) is 2.40. The van der Waals surface area contributed by atoms with Crippen molar-refractivity contribution in [2.45, 2.75) is 20.8 Å². The molecule has 2 aromatic heterocycles. The molecule has 0 bridgehead atoms.